The summed E-state index contributed by atoms with van der Waals surface area (Å²) in [6.07, 6.45) is -2.62. The van der Waals surface area contributed by atoms with Gasteiger partial charge in [-0.15, -0.1) is 10.8 Å². The van der Waals surface area contributed by atoms with E-state index in [1.54, 1.807) is 30.9 Å². The minimum atomic E-state index is -4.51. The molecule has 0 unspecified atom stereocenters. The third-order valence-electron chi connectivity index (χ3n) is 9.12. The van der Waals surface area contributed by atoms with Crippen molar-refractivity contribution in [2.75, 3.05) is 36.2 Å². The second-order valence-corrected chi connectivity index (χ2v) is 15.7. The molecule has 1 heterocycles. The second kappa shape index (κ2) is 17.3. The monoisotopic (exact) mass is 732 g/mol. The number of hydrogen-bond donors (Lipinski definition) is 5. The van der Waals surface area contributed by atoms with Crippen molar-refractivity contribution >= 4 is 28.3 Å². The molecule has 13 heteroatoms. The molecule has 2 amide bonds. The predicted molar refractivity (Wildman–Crippen MR) is 197 cm³/mol. The highest BCUT2D eigenvalue weighted by Crippen LogP contribution is 2.50. The van der Waals surface area contributed by atoms with Gasteiger partial charge in [-0.1, -0.05) is 56.3 Å². The van der Waals surface area contributed by atoms with Gasteiger partial charge in [-0.2, -0.15) is 13.2 Å². The molecule has 1 aliphatic heterocycles. The van der Waals surface area contributed by atoms with Gasteiger partial charge in [-0.3, -0.25) is 23.0 Å². The Morgan fingerprint density at radius 1 is 0.902 bits per heavy atom. The van der Waals surface area contributed by atoms with Gasteiger partial charge in [0.2, 0.25) is 0 Å². The molecule has 0 aliphatic carbocycles. The van der Waals surface area contributed by atoms with Gasteiger partial charge in [-0.05, 0) is 87.4 Å². The molecule has 280 valence electrons. The van der Waals surface area contributed by atoms with E-state index < -0.39 is 46.1 Å². The predicted octanol–water partition coefficient (Wildman–Crippen LogP) is 7.46. The maximum atomic E-state index is 14.1. The van der Waals surface area contributed by atoms with Crippen molar-refractivity contribution in [3.05, 3.63) is 101 Å². The van der Waals surface area contributed by atoms with E-state index in [4.69, 9.17) is 0 Å². The third-order valence-corrected chi connectivity index (χ3v) is 11.1. The number of alkyl halides is 3. The Kier molecular flexibility index (Phi) is 13.6. The SMILES string of the molecule is CCCN(CCC)C(=O)c1cc(C(=O)N[C@@H](Cc2ccccc2)[C@H](O)CNC(C)(C)c2cccc(C(F)(F)F)c2)cc(N2CCCCS2(O)O)c1. The van der Waals surface area contributed by atoms with E-state index in [0.29, 0.717) is 43.7 Å². The largest absolute Gasteiger partial charge is 0.416 e. The molecule has 1 fully saturated rings. The lowest BCUT2D eigenvalue weighted by Gasteiger charge is -2.47. The van der Waals surface area contributed by atoms with Crippen LogP contribution in [0.5, 0.6) is 0 Å². The molecule has 0 aromatic heterocycles. The van der Waals surface area contributed by atoms with Crippen molar-refractivity contribution in [2.24, 2.45) is 0 Å². The number of rotatable bonds is 15. The van der Waals surface area contributed by atoms with Gasteiger partial charge in [0.05, 0.1) is 29.1 Å². The van der Waals surface area contributed by atoms with Crippen LogP contribution in [0.1, 0.15) is 90.8 Å². The summed E-state index contributed by atoms with van der Waals surface area (Å²) < 4.78 is 63.7. The van der Waals surface area contributed by atoms with Crippen LogP contribution in [-0.4, -0.2) is 75.0 Å². The fraction of sp³-hybridized carbons (Fsp3) is 0.474. The number of carbonyl (C=O) groups excluding carboxylic acids is 2. The first kappa shape index (κ1) is 40.2. The maximum Gasteiger partial charge on any atom is 0.416 e. The second-order valence-electron chi connectivity index (χ2n) is 13.6. The number of halogens is 3. The number of carbonyl (C=O) groups is 2. The molecule has 5 N–H and O–H groups in total. The molecule has 0 saturated carbocycles. The lowest BCUT2D eigenvalue weighted by Crippen LogP contribution is -2.51. The fourth-order valence-electron chi connectivity index (χ4n) is 6.24. The van der Waals surface area contributed by atoms with E-state index in [-0.39, 0.29) is 35.8 Å². The molecule has 51 heavy (non-hydrogen) atoms. The number of anilines is 1. The van der Waals surface area contributed by atoms with Crippen molar-refractivity contribution < 1.29 is 37.0 Å². The number of hydrogen-bond acceptors (Lipinski definition) is 7. The third kappa shape index (κ3) is 10.7. The maximum absolute atomic E-state index is 14.1. The molecule has 0 spiro atoms. The smallest absolute Gasteiger partial charge is 0.390 e. The van der Waals surface area contributed by atoms with Crippen LogP contribution in [0.25, 0.3) is 0 Å². The molecule has 2 atom stereocenters. The van der Waals surface area contributed by atoms with Crippen LogP contribution in [-0.2, 0) is 18.1 Å². The standard InChI is InChI=1S/C38H51F3N4O5S/c1-5-17-44(18-6-2)36(48)29-22-28(23-32(24-29)45-19-10-11-20-51(45,49)50)35(47)43-33(21-27-13-8-7-9-14-27)34(46)26-42-37(3,4)30-15-12-16-31(25-30)38(39,40)41/h7-9,12-16,22-25,33-34,42,46,49-50H,5-6,10-11,17-21,26H2,1-4H3,(H,43,47)/t33-,34+/m0/s1. The number of aliphatic hydroxyl groups excluding tert-OH is 1. The summed E-state index contributed by atoms with van der Waals surface area (Å²) in [5.41, 5.74) is 0.184. The van der Waals surface area contributed by atoms with Crippen molar-refractivity contribution in [1.82, 2.24) is 15.5 Å². The number of benzene rings is 3. The quantitative estimate of drug-likeness (QED) is 0.110. The van der Waals surface area contributed by atoms with Crippen LogP contribution in [0.15, 0.2) is 72.8 Å². The minimum Gasteiger partial charge on any atom is -0.390 e. The van der Waals surface area contributed by atoms with E-state index in [0.717, 1.165) is 30.5 Å². The van der Waals surface area contributed by atoms with E-state index in [9.17, 15) is 37.0 Å². The van der Waals surface area contributed by atoms with Crippen molar-refractivity contribution in [1.29, 1.82) is 0 Å². The molecule has 3 aromatic carbocycles. The van der Waals surface area contributed by atoms with Crippen LogP contribution in [0.3, 0.4) is 0 Å². The molecule has 4 rings (SSSR count). The van der Waals surface area contributed by atoms with E-state index >= 15 is 0 Å². The van der Waals surface area contributed by atoms with Gasteiger partial charge < -0.3 is 20.6 Å². The van der Waals surface area contributed by atoms with Crippen LogP contribution in [0.4, 0.5) is 18.9 Å². The number of nitrogens with one attached hydrogen (secondary N) is 2. The first-order valence-corrected chi connectivity index (χ1v) is 19.2. The molecular formula is C38H51F3N4O5S. The molecule has 9 nitrogen and oxygen atoms in total. The van der Waals surface area contributed by atoms with Crippen molar-refractivity contribution in [3.8, 4) is 0 Å². The van der Waals surface area contributed by atoms with Gasteiger partial charge in [0.25, 0.3) is 11.8 Å². The Morgan fingerprint density at radius 2 is 1.55 bits per heavy atom. The average Bonchev–Trinajstić information content (AvgIpc) is 3.09. The topological polar surface area (TPSA) is 125 Å². The van der Waals surface area contributed by atoms with Gasteiger partial charge in [0.15, 0.2) is 0 Å². The number of nitrogens with zero attached hydrogens (tertiary/aromatic N) is 2. The van der Waals surface area contributed by atoms with Gasteiger partial charge in [-0.25, -0.2) is 0 Å². The lowest BCUT2D eigenvalue weighted by molar-refractivity contribution is -0.137. The molecule has 0 radical (unpaired) electrons. The zero-order valence-electron chi connectivity index (χ0n) is 29.7. The highest BCUT2D eigenvalue weighted by Gasteiger charge is 2.33. The molecule has 1 saturated heterocycles. The lowest BCUT2D eigenvalue weighted by atomic mass is 9.92. The van der Waals surface area contributed by atoms with Crippen LogP contribution in [0, 0.1) is 0 Å². The average molecular weight is 733 g/mol. The highest BCUT2D eigenvalue weighted by molar-refractivity contribution is 8.25. The van der Waals surface area contributed by atoms with E-state index in [1.165, 1.54) is 22.5 Å². The molecule has 3 aromatic rings. The summed E-state index contributed by atoms with van der Waals surface area (Å²) in [5, 5.41) is 17.7. The Morgan fingerprint density at radius 3 is 2.18 bits per heavy atom. The van der Waals surface area contributed by atoms with Gasteiger partial charge >= 0.3 is 6.18 Å². The zero-order chi connectivity index (χ0) is 37.4. The first-order valence-electron chi connectivity index (χ1n) is 17.5. The Balaban J connectivity index is 1.65. The summed E-state index contributed by atoms with van der Waals surface area (Å²) in [6.45, 7) is 8.70. The van der Waals surface area contributed by atoms with E-state index in [2.05, 4.69) is 10.6 Å². The zero-order valence-corrected chi connectivity index (χ0v) is 30.6. The Hall–Kier alpha value is -3.62. The van der Waals surface area contributed by atoms with Gasteiger partial charge in [0.1, 0.15) is 0 Å². The number of amides is 2. The van der Waals surface area contributed by atoms with Crippen molar-refractivity contribution in [2.45, 2.75) is 83.7 Å². The number of aliphatic hydroxyl groups is 1. The Labute approximate surface area is 300 Å². The summed E-state index contributed by atoms with van der Waals surface area (Å²) in [5.74, 6) is -0.668. The summed E-state index contributed by atoms with van der Waals surface area (Å²) in [7, 11) is -3.17. The van der Waals surface area contributed by atoms with Crippen LogP contribution >= 0.6 is 10.8 Å². The molecular weight excluding hydrogens is 682 g/mol. The Bertz CT molecular complexity index is 1620. The summed E-state index contributed by atoms with van der Waals surface area (Å²) in [6, 6.07) is 18.1. The minimum absolute atomic E-state index is 0.0670. The summed E-state index contributed by atoms with van der Waals surface area (Å²) in [4.78, 5) is 29.6. The van der Waals surface area contributed by atoms with Crippen LogP contribution < -0.4 is 14.9 Å². The van der Waals surface area contributed by atoms with Crippen molar-refractivity contribution in [3.63, 3.8) is 0 Å². The van der Waals surface area contributed by atoms with E-state index in [1.807, 2.05) is 44.2 Å². The first-order chi connectivity index (χ1) is 24.1. The van der Waals surface area contributed by atoms with Crippen LogP contribution in [0.2, 0.25) is 0 Å². The fourth-order valence-corrected chi connectivity index (χ4v) is 7.92. The van der Waals surface area contributed by atoms with Gasteiger partial charge in [0, 0.05) is 42.8 Å². The molecule has 0 bridgehead atoms. The normalized spacial score (nSPS) is 16.6. The molecule has 1 aliphatic rings. The highest BCUT2D eigenvalue weighted by atomic mass is 32.3. The summed E-state index contributed by atoms with van der Waals surface area (Å²) >= 11 is 0.